The smallest absolute Gasteiger partial charge is 0.385 e. The second-order valence-electron chi connectivity index (χ2n) is 7.11. The van der Waals surface area contributed by atoms with E-state index >= 15 is 0 Å². The Morgan fingerprint density at radius 2 is 1.91 bits per heavy atom. The monoisotopic (exact) mass is 466 g/mol. The van der Waals surface area contributed by atoms with Gasteiger partial charge in [0.2, 0.25) is 0 Å². The van der Waals surface area contributed by atoms with Gasteiger partial charge >= 0.3 is 6.18 Å². The Morgan fingerprint density at radius 1 is 1.21 bits per heavy atom. The fourth-order valence-corrected chi connectivity index (χ4v) is 2.83. The number of halogens is 3. The number of nitrogens with one attached hydrogen (secondary N) is 2. The van der Waals surface area contributed by atoms with Crippen LogP contribution in [0.15, 0.2) is 65.0 Å². The van der Waals surface area contributed by atoms with Crippen LogP contribution >= 0.6 is 0 Å². The largest absolute Gasteiger partial charge is 0.432 e. The molecule has 0 aliphatic carbocycles. The maximum Gasteiger partial charge on any atom is 0.432 e. The van der Waals surface area contributed by atoms with E-state index in [0.717, 1.165) is 29.5 Å². The Balaban J connectivity index is 2.96. The number of ether oxygens (including phenoxy) is 1. The van der Waals surface area contributed by atoms with Gasteiger partial charge in [-0.1, -0.05) is 17.7 Å². The van der Waals surface area contributed by atoms with Crippen LogP contribution in [-0.2, 0) is 4.74 Å². The summed E-state index contributed by atoms with van der Waals surface area (Å²) in [7, 11) is 3.03. The molecule has 0 radical (unpaired) electrons. The van der Waals surface area contributed by atoms with Crippen molar-refractivity contribution in [2.45, 2.75) is 39.3 Å². The molecular formula is C24H33F3N4O2. The highest BCUT2D eigenvalue weighted by Gasteiger charge is 2.38. The molecule has 0 heterocycles. The van der Waals surface area contributed by atoms with Gasteiger partial charge in [0, 0.05) is 45.3 Å². The van der Waals surface area contributed by atoms with Gasteiger partial charge < -0.3 is 10.1 Å². The van der Waals surface area contributed by atoms with Gasteiger partial charge in [-0.3, -0.25) is 14.8 Å². The summed E-state index contributed by atoms with van der Waals surface area (Å²) in [4.78, 5) is 16.2. The molecule has 33 heavy (non-hydrogen) atoms. The molecule has 1 rings (SSSR count). The highest BCUT2D eigenvalue weighted by molar-refractivity contribution is 5.94. The topological polar surface area (TPSA) is 66.0 Å². The minimum absolute atomic E-state index is 0.108. The third-order valence-corrected chi connectivity index (χ3v) is 4.52. The summed E-state index contributed by atoms with van der Waals surface area (Å²) in [5.41, 5.74) is 3.13. The Morgan fingerprint density at radius 3 is 2.48 bits per heavy atom. The molecule has 0 atom stereocenters. The summed E-state index contributed by atoms with van der Waals surface area (Å²) in [6.45, 7) is 4.64. The van der Waals surface area contributed by atoms with E-state index in [1.807, 2.05) is 0 Å². The van der Waals surface area contributed by atoms with E-state index in [1.165, 1.54) is 31.3 Å². The number of unbranched alkanes of at least 4 members (excludes halogenated alkanes) is 1. The molecule has 6 nitrogen and oxygen atoms in total. The first kappa shape index (κ1) is 28.1. The maximum atomic E-state index is 13.8. The molecule has 1 aromatic carbocycles. The predicted octanol–water partition coefficient (Wildman–Crippen LogP) is 5.17. The summed E-state index contributed by atoms with van der Waals surface area (Å²) in [5, 5.41) is 3.74. The van der Waals surface area contributed by atoms with Gasteiger partial charge in [-0.15, -0.1) is 0 Å². The summed E-state index contributed by atoms with van der Waals surface area (Å²) in [5.74, 6) is -0.275. The highest BCUT2D eigenvalue weighted by Crippen LogP contribution is 2.32. The minimum atomic E-state index is -4.58. The predicted molar refractivity (Wildman–Crippen MR) is 127 cm³/mol. The molecule has 1 amide bonds. The van der Waals surface area contributed by atoms with Gasteiger partial charge in [-0.25, -0.2) is 5.43 Å². The van der Waals surface area contributed by atoms with E-state index in [2.05, 4.69) is 15.7 Å². The number of allylic oxidation sites excluding steroid dienone is 5. The van der Waals surface area contributed by atoms with Crippen molar-refractivity contribution < 1.29 is 22.7 Å². The lowest BCUT2D eigenvalue weighted by atomic mass is 10.1. The standard InChI is InChI=1S/C24H33F3N4O2/c1-5-29-16-8-9-19(2)10-15-22(24(25,26)27)31(28-3)21-13-11-20(12-14-21)23(32)30-17-6-7-18-33-4/h5,8-9,11-16,28H,6-7,10,17-18H2,1-4H3,(H,30,32)/b16-8-,19-9+,22-15-,29-5?. The van der Waals surface area contributed by atoms with Crippen LogP contribution in [0.25, 0.3) is 0 Å². The van der Waals surface area contributed by atoms with E-state index in [4.69, 9.17) is 4.74 Å². The molecule has 0 fully saturated rings. The fourth-order valence-electron chi connectivity index (χ4n) is 2.83. The van der Waals surface area contributed by atoms with Crippen molar-refractivity contribution in [1.82, 2.24) is 10.7 Å². The lowest BCUT2D eigenvalue weighted by Crippen LogP contribution is -2.40. The molecule has 0 saturated carbocycles. The van der Waals surface area contributed by atoms with Crippen LogP contribution in [0.4, 0.5) is 18.9 Å². The van der Waals surface area contributed by atoms with Gasteiger partial charge in [0.15, 0.2) is 0 Å². The van der Waals surface area contributed by atoms with Crippen molar-refractivity contribution in [3.63, 3.8) is 0 Å². The number of aliphatic imine (C=N–C) groups is 1. The zero-order valence-electron chi connectivity index (χ0n) is 19.6. The molecule has 0 saturated heterocycles. The van der Waals surface area contributed by atoms with Crippen molar-refractivity contribution in [3.05, 3.63) is 65.5 Å². The van der Waals surface area contributed by atoms with E-state index in [1.54, 1.807) is 45.5 Å². The van der Waals surface area contributed by atoms with Gasteiger partial charge in [0.05, 0.1) is 5.69 Å². The minimum Gasteiger partial charge on any atom is -0.385 e. The normalized spacial score (nSPS) is 13.2. The molecule has 9 heteroatoms. The molecular weight excluding hydrogens is 433 g/mol. The molecule has 182 valence electrons. The van der Waals surface area contributed by atoms with E-state index < -0.39 is 11.9 Å². The van der Waals surface area contributed by atoms with Crippen LogP contribution in [0.5, 0.6) is 0 Å². The van der Waals surface area contributed by atoms with E-state index in [-0.39, 0.29) is 18.0 Å². The SMILES string of the molecule is CC=N/C=C\C=C(/C)C/C=C(\N(NC)c1ccc(C(=O)NCCCCOC)cc1)C(F)(F)F. The lowest BCUT2D eigenvalue weighted by molar-refractivity contribution is -0.0943. The van der Waals surface area contributed by atoms with Crippen LogP contribution in [0.3, 0.4) is 0 Å². The maximum absolute atomic E-state index is 13.8. The van der Waals surface area contributed by atoms with Gasteiger partial charge in [0.1, 0.15) is 5.70 Å². The number of nitrogens with zero attached hydrogens (tertiary/aromatic N) is 2. The summed E-state index contributed by atoms with van der Waals surface area (Å²) in [6, 6.07) is 5.96. The van der Waals surface area contributed by atoms with Crippen molar-refractivity contribution in [2.24, 2.45) is 4.99 Å². The van der Waals surface area contributed by atoms with Crippen LogP contribution in [0.1, 0.15) is 43.5 Å². The Bertz CT molecular complexity index is 844. The Kier molecular flexibility index (Phi) is 12.8. The molecule has 1 aromatic rings. The molecule has 0 spiro atoms. The first-order chi connectivity index (χ1) is 15.7. The number of amides is 1. The second kappa shape index (κ2) is 15.0. The average molecular weight is 467 g/mol. The number of carbonyl (C=O) groups is 1. The van der Waals surface area contributed by atoms with Gasteiger partial charge in [-0.2, -0.15) is 13.2 Å². The molecule has 2 N–H and O–H groups in total. The third kappa shape index (κ3) is 10.5. The van der Waals surface area contributed by atoms with Gasteiger partial charge in [-0.05, 0) is 63.5 Å². The highest BCUT2D eigenvalue weighted by atomic mass is 19.4. The first-order valence-corrected chi connectivity index (χ1v) is 10.7. The fraction of sp³-hybridized carbons (Fsp3) is 0.417. The number of benzene rings is 1. The van der Waals surface area contributed by atoms with Gasteiger partial charge in [0.25, 0.3) is 5.91 Å². The molecule has 0 aliphatic rings. The molecule has 0 unspecified atom stereocenters. The summed E-state index contributed by atoms with van der Waals surface area (Å²) in [6.07, 6.45) is 4.83. The summed E-state index contributed by atoms with van der Waals surface area (Å²) < 4.78 is 46.4. The zero-order chi connectivity index (χ0) is 24.7. The van der Waals surface area contributed by atoms with Crippen molar-refractivity contribution in [3.8, 4) is 0 Å². The Hall–Kier alpha value is -2.91. The number of methoxy groups -OCH3 is 1. The van der Waals surface area contributed by atoms with Crippen LogP contribution in [-0.4, -0.2) is 45.6 Å². The second-order valence-corrected chi connectivity index (χ2v) is 7.11. The van der Waals surface area contributed by atoms with Crippen LogP contribution in [0.2, 0.25) is 0 Å². The quantitative estimate of drug-likeness (QED) is 0.182. The summed E-state index contributed by atoms with van der Waals surface area (Å²) >= 11 is 0. The Labute approximate surface area is 193 Å². The first-order valence-electron chi connectivity index (χ1n) is 10.7. The number of hydrogen-bond acceptors (Lipinski definition) is 5. The number of carbonyl (C=O) groups excluding carboxylic acids is 1. The number of anilines is 1. The molecule has 0 aromatic heterocycles. The van der Waals surface area contributed by atoms with Crippen molar-refractivity contribution >= 4 is 17.8 Å². The van der Waals surface area contributed by atoms with Crippen molar-refractivity contribution in [1.29, 1.82) is 0 Å². The van der Waals surface area contributed by atoms with Crippen LogP contribution in [0, 0.1) is 0 Å². The third-order valence-electron chi connectivity index (χ3n) is 4.52. The van der Waals surface area contributed by atoms with E-state index in [0.29, 0.717) is 18.7 Å². The average Bonchev–Trinajstić information content (AvgIpc) is 2.78. The number of hydrogen-bond donors (Lipinski definition) is 2. The zero-order valence-corrected chi connectivity index (χ0v) is 19.6. The number of alkyl halides is 3. The molecule has 0 bridgehead atoms. The van der Waals surface area contributed by atoms with Crippen LogP contribution < -0.4 is 15.8 Å². The number of hydrazine groups is 1. The van der Waals surface area contributed by atoms with E-state index in [9.17, 15) is 18.0 Å². The number of rotatable bonds is 13. The van der Waals surface area contributed by atoms with Crippen molar-refractivity contribution in [2.75, 3.05) is 32.3 Å². The molecule has 0 aliphatic heterocycles. The lowest BCUT2D eigenvalue weighted by Gasteiger charge is -2.28.